The minimum absolute atomic E-state index is 0.0421. The number of hydrogen-bond acceptors (Lipinski definition) is 8. The summed E-state index contributed by atoms with van der Waals surface area (Å²) in [5, 5.41) is 2.88. The summed E-state index contributed by atoms with van der Waals surface area (Å²) in [6, 6.07) is 5.03. The van der Waals surface area contributed by atoms with Gasteiger partial charge in [-0.1, -0.05) is 15.9 Å². The van der Waals surface area contributed by atoms with Gasteiger partial charge in [0.25, 0.3) is 0 Å². The highest BCUT2D eigenvalue weighted by Gasteiger charge is 2.62. The van der Waals surface area contributed by atoms with Gasteiger partial charge in [-0.15, -0.1) is 0 Å². The summed E-state index contributed by atoms with van der Waals surface area (Å²) in [6.07, 6.45) is 0. The smallest absolute Gasteiger partial charge is 0.339 e. The lowest BCUT2D eigenvalue weighted by atomic mass is 9.67. The molecule has 3 N–H and O–H groups in total. The Hall–Kier alpha value is -2.81. The second-order valence-corrected chi connectivity index (χ2v) is 6.80. The molecule has 3 rings (SSSR count). The van der Waals surface area contributed by atoms with Gasteiger partial charge in [-0.25, -0.2) is 14.4 Å². The van der Waals surface area contributed by atoms with Crippen LogP contribution < -0.4 is 11.1 Å². The number of nitrogens with two attached hydrogens (primary N) is 1. The van der Waals surface area contributed by atoms with E-state index in [1.54, 1.807) is 25.1 Å². The van der Waals surface area contributed by atoms with Gasteiger partial charge in [0, 0.05) is 15.7 Å². The number of hydrogen-bond donors (Lipinski definition) is 2. The first-order valence-corrected chi connectivity index (χ1v) is 8.84. The van der Waals surface area contributed by atoms with E-state index in [0.29, 0.717) is 15.7 Å². The normalized spacial score (nSPS) is 21.0. The van der Waals surface area contributed by atoms with Gasteiger partial charge in [-0.2, -0.15) is 0 Å². The summed E-state index contributed by atoms with van der Waals surface area (Å²) in [6.45, 7) is 3.18. The maximum Gasteiger partial charge on any atom is 0.339 e. The quantitative estimate of drug-likeness (QED) is 0.544. The third-order valence-corrected chi connectivity index (χ3v) is 4.94. The van der Waals surface area contributed by atoms with E-state index < -0.39 is 23.3 Å². The first-order valence-electron chi connectivity index (χ1n) is 8.05. The summed E-state index contributed by atoms with van der Waals surface area (Å²) >= 11 is 3.36. The van der Waals surface area contributed by atoms with Crippen molar-refractivity contribution in [2.24, 2.45) is 5.73 Å². The van der Waals surface area contributed by atoms with Crippen molar-refractivity contribution in [3.63, 3.8) is 0 Å². The number of halogens is 1. The second kappa shape index (κ2) is 6.73. The minimum Gasteiger partial charge on any atom is -0.466 e. The molecular weight excluding hydrogens is 420 g/mol. The molecule has 2 heterocycles. The van der Waals surface area contributed by atoms with Gasteiger partial charge in [0.2, 0.25) is 0 Å². The number of rotatable bonds is 3. The summed E-state index contributed by atoms with van der Waals surface area (Å²) in [4.78, 5) is 38.5. The SMILES string of the molecule is CCOC(=O)C1=C(C)OC(=O)C12C(C(=O)OC)=C(N)Nc1ccc(Br)cc12. The van der Waals surface area contributed by atoms with Crippen LogP contribution in [0.4, 0.5) is 5.69 Å². The molecule has 0 saturated carbocycles. The Bertz CT molecular complexity index is 936. The first-order chi connectivity index (χ1) is 12.8. The number of esters is 3. The van der Waals surface area contributed by atoms with Crippen LogP contribution in [0.2, 0.25) is 0 Å². The molecule has 0 aliphatic carbocycles. The van der Waals surface area contributed by atoms with Crippen LogP contribution in [-0.4, -0.2) is 31.6 Å². The van der Waals surface area contributed by atoms with Crippen molar-refractivity contribution in [3.8, 4) is 0 Å². The number of ether oxygens (including phenoxy) is 3. The molecule has 0 amide bonds. The van der Waals surface area contributed by atoms with Crippen molar-refractivity contribution in [2.45, 2.75) is 19.3 Å². The van der Waals surface area contributed by atoms with Gasteiger partial charge in [0.05, 0.1) is 13.7 Å². The van der Waals surface area contributed by atoms with Crippen molar-refractivity contribution in [2.75, 3.05) is 19.0 Å². The molecule has 1 unspecified atom stereocenters. The van der Waals surface area contributed by atoms with Crippen LogP contribution in [-0.2, 0) is 34.0 Å². The number of carbonyl (C=O) groups excluding carboxylic acids is 3. The van der Waals surface area contributed by atoms with Gasteiger partial charge in [0.15, 0.2) is 5.41 Å². The maximum atomic E-state index is 13.1. The maximum absolute atomic E-state index is 13.1. The third-order valence-electron chi connectivity index (χ3n) is 4.45. The molecule has 1 atom stereocenters. The topological polar surface area (TPSA) is 117 Å². The van der Waals surface area contributed by atoms with Crippen molar-refractivity contribution in [1.82, 2.24) is 0 Å². The molecule has 0 bridgehead atoms. The zero-order valence-corrected chi connectivity index (χ0v) is 16.4. The molecule has 1 aromatic rings. The third kappa shape index (κ3) is 2.61. The van der Waals surface area contributed by atoms with E-state index in [9.17, 15) is 14.4 Å². The van der Waals surface area contributed by atoms with Gasteiger partial charge in [-0.3, -0.25) is 0 Å². The first kappa shape index (κ1) is 19.0. The predicted octanol–water partition coefficient (Wildman–Crippen LogP) is 1.85. The molecular formula is C18H17BrN2O6. The van der Waals surface area contributed by atoms with Crippen molar-refractivity contribution >= 4 is 39.5 Å². The largest absolute Gasteiger partial charge is 0.466 e. The molecule has 142 valence electrons. The Morgan fingerprint density at radius 3 is 2.63 bits per heavy atom. The highest BCUT2D eigenvalue weighted by Crippen LogP contribution is 2.53. The van der Waals surface area contributed by atoms with Crippen LogP contribution in [0.3, 0.4) is 0 Å². The van der Waals surface area contributed by atoms with E-state index >= 15 is 0 Å². The van der Waals surface area contributed by atoms with Crippen LogP contribution in [0.1, 0.15) is 19.4 Å². The molecule has 1 aromatic carbocycles. The number of allylic oxidation sites excluding steroid dienone is 1. The fourth-order valence-electron chi connectivity index (χ4n) is 3.45. The molecule has 2 aliphatic rings. The molecule has 9 heteroatoms. The molecule has 0 fully saturated rings. The van der Waals surface area contributed by atoms with Crippen LogP contribution in [0.5, 0.6) is 0 Å². The van der Waals surface area contributed by atoms with E-state index in [-0.39, 0.29) is 29.3 Å². The number of benzene rings is 1. The van der Waals surface area contributed by atoms with Crippen LogP contribution in [0.25, 0.3) is 0 Å². The van der Waals surface area contributed by atoms with E-state index in [0.717, 1.165) is 7.11 Å². The molecule has 27 heavy (non-hydrogen) atoms. The Kier molecular flexibility index (Phi) is 4.73. The fraction of sp³-hybridized carbons (Fsp3) is 0.278. The second-order valence-electron chi connectivity index (χ2n) is 5.89. The van der Waals surface area contributed by atoms with Crippen molar-refractivity contribution < 1.29 is 28.6 Å². The number of anilines is 1. The lowest BCUT2D eigenvalue weighted by molar-refractivity contribution is -0.146. The average Bonchev–Trinajstić information content (AvgIpc) is 2.86. The highest BCUT2D eigenvalue weighted by molar-refractivity contribution is 9.10. The molecule has 2 aliphatic heterocycles. The number of fused-ring (bicyclic) bond motifs is 2. The fourth-order valence-corrected chi connectivity index (χ4v) is 3.81. The Morgan fingerprint density at radius 2 is 2.00 bits per heavy atom. The molecule has 1 spiro atoms. The molecule has 0 saturated heterocycles. The number of methoxy groups -OCH3 is 1. The van der Waals surface area contributed by atoms with Gasteiger partial charge < -0.3 is 25.3 Å². The zero-order valence-electron chi connectivity index (χ0n) is 14.8. The van der Waals surface area contributed by atoms with E-state index in [1.165, 1.54) is 6.92 Å². The molecule has 8 nitrogen and oxygen atoms in total. The summed E-state index contributed by atoms with van der Waals surface area (Å²) in [5.41, 5.74) is 4.65. The monoisotopic (exact) mass is 436 g/mol. The van der Waals surface area contributed by atoms with Crippen LogP contribution >= 0.6 is 15.9 Å². The number of nitrogens with one attached hydrogen (secondary N) is 1. The molecule has 0 radical (unpaired) electrons. The zero-order chi connectivity index (χ0) is 19.9. The van der Waals surface area contributed by atoms with Crippen LogP contribution in [0.15, 0.2) is 45.4 Å². The Balaban J connectivity index is 2.43. The summed E-state index contributed by atoms with van der Waals surface area (Å²) < 4.78 is 15.9. The predicted molar refractivity (Wildman–Crippen MR) is 98.1 cm³/mol. The van der Waals surface area contributed by atoms with E-state index in [4.69, 9.17) is 19.9 Å². The lowest BCUT2D eigenvalue weighted by Gasteiger charge is -2.35. The minimum atomic E-state index is -1.89. The summed E-state index contributed by atoms with van der Waals surface area (Å²) in [7, 11) is 1.16. The number of cyclic esters (lactones) is 1. The highest BCUT2D eigenvalue weighted by atomic mass is 79.9. The Morgan fingerprint density at radius 1 is 1.30 bits per heavy atom. The van der Waals surface area contributed by atoms with E-state index in [1.807, 2.05) is 0 Å². The van der Waals surface area contributed by atoms with Gasteiger partial charge in [-0.05, 0) is 32.0 Å². The van der Waals surface area contributed by atoms with Crippen molar-refractivity contribution in [1.29, 1.82) is 0 Å². The van der Waals surface area contributed by atoms with E-state index in [2.05, 4.69) is 21.2 Å². The van der Waals surface area contributed by atoms with Gasteiger partial charge >= 0.3 is 17.9 Å². The Labute approximate surface area is 163 Å². The lowest BCUT2D eigenvalue weighted by Crippen LogP contribution is -2.47. The van der Waals surface area contributed by atoms with Gasteiger partial charge in [0.1, 0.15) is 22.7 Å². The number of carbonyl (C=O) groups is 3. The van der Waals surface area contributed by atoms with Crippen LogP contribution in [0, 0.1) is 0 Å². The summed E-state index contributed by atoms with van der Waals surface area (Å²) in [5.74, 6) is -2.53. The molecule has 0 aromatic heterocycles. The average molecular weight is 437 g/mol. The van der Waals surface area contributed by atoms with Crippen molar-refractivity contribution in [3.05, 3.63) is 51.0 Å². The standard InChI is InChI=1S/C18H17BrN2O6/c1-4-26-16(23)12-8(2)27-17(24)18(12)10-7-9(19)5-6-11(10)21-14(20)13(18)15(22)25-3/h5-7,21H,4,20H2,1-3H3.